The first-order chi connectivity index (χ1) is 16.6. The second kappa shape index (κ2) is 9.57. The summed E-state index contributed by atoms with van der Waals surface area (Å²) in [6.07, 6.45) is 8.41. The third-order valence-corrected chi connectivity index (χ3v) is 6.28. The molecule has 7 heteroatoms. The van der Waals surface area contributed by atoms with Crippen LogP contribution in [0, 0.1) is 5.82 Å². The van der Waals surface area contributed by atoms with Gasteiger partial charge in [0.25, 0.3) is 5.91 Å². The molecular formula is C27H25FN4O2. The van der Waals surface area contributed by atoms with Gasteiger partial charge in [-0.25, -0.2) is 4.39 Å². The van der Waals surface area contributed by atoms with Crippen LogP contribution in [-0.4, -0.2) is 40.1 Å². The number of nitrogens with one attached hydrogen (secondary N) is 1. The van der Waals surface area contributed by atoms with Crippen molar-refractivity contribution >= 4 is 16.8 Å². The highest BCUT2D eigenvalue weighted by Gasteiger charge is 2.18. The summed E-state index contributed by atoms with van der Waals surface area (Å²) in [5.74, 6) is -0.766. The van der Waals surface area contributed by atoms with Gasteiger partial charge in [0.05, 0.1) is 12.2 Å². The van der Waals surface area contributed by atoms with Gasteiger partial charge in [-0.1, -0.05) is 12.5 Å². The Kier molecular flexibility index (Phi) is 6.18. The van der Waals surface area contributed by atoms with Crippen LogP contribution in [-0.2, 0) is 0 Å². The topological polar surface area (TPSA) is 67.2 Å². The van der Waals surface area contributed by atoms with Crippen molar-refractivity contribution < 1.29 is 9.18 Å². The Bertz CT molecular complexity index is 1380. The number of carbonyl (C=O) groups is 1. The molecule has 0 atom stereocenters. The summed E-state index contributed by atoms with van der Waals surface area (Å²) in [6, 6.07) is 15.3. The van der Waals surface area contributed by atoms with Crippen molar-refractivity contribution in [2.24, 2.45) is 0 Å². The minimum Gasteiger partial charge on any atom is -0.339 e. The molecule has 0 aliphatic carbocycles. The van der Waals surface area contributed by atoms with Gasteiger partial charge in [-0.2, -0.15) is 0 Å². The summed E-state index contributed by atoms with van der Waals surface area (Å²) in [4.78, 5) is 32.7. The van der Waals surface area contributed by atoms with Crippen molar-refractivity contribution in [3.05, 3.63) is 94.8 Å². The van der Waals surface area contributed by atoms with Crippen LogP contribution in [0.25, 0.3) is 27.7 Å². The SMILES string of the molecule is O=C(NCN1CCCCC1)c1cn(-c2ccc(F)cc2)c2cc(-c3ccncc3)ccc2c1=O. The van der Waals surface area contributed by atoms with Crippen molar-refractivity contribution in [3.8, 4) is 16.8 Å². The number of nitrogens with zero attached hydrogens (tertiary/aromatic N) is 3. The predicted molar refractivity (Wildman–Crippen MR) is 130 cm³/mol. The van der Waals surface area contributed by atoms with Gasteiger partial charge in [0.15, 0.2) is 0 Å². The molecule has 1 saturated heterocycles. The van der Waals surface area contributed by atoms with E-state index in [-0.39, 0.29) is 16.8 Å². The molecule has 0 bridgehead atoms. The monoisotopic (exact) mass is 456 g/mol. The average molecular weight is 457 g/mol. The van der Waals surface area contributed by atoms with Crippen molar-refractivity contribution in [2.45, 2.75) is 19.3 Å². The van der Waals surface area contributed by atoms with Gasteiger partial charge in [-0.3, -0.25) is 19.5 Å². The average Bonchev–Trinajstić information content (AvgIpc) is 2.89. The number of rotatable bonds is 5. The van der Waals surface area contributed by atoms with Gasteiger partial charge in [-0.15, -0.1) is 0 Å². The molecular weight excluding hydrogens is 431 g/mol. The Morgan fingerprint density at radius 2 is 1.68 bits per heavy atom. The zero-order chi connectivity index (χ0) is 23.5. The van der Waals surface area contributed by atoms with Crippen molar-refractivity contribution in [1.82, 2.24) is 19.8 Å². The lowest BCUT2D eigenvalue weighted by molar-refractivity contribution is 0.0913. The Morgan fingerprint density at radius 1 is 0.941 bits per heavy atom. The number of likely N-dealkylation sites (tertiary alicyclic amines) is 1. The summed E-state index contributed by atoms with van der Waals surface area (Å²) in [5, 5.41) is 3.33. The molecule has 3 heterocycles. The number of benzene rings is 2. The smallest absolute Gasteiger partial charge is 0.257 e. The van der Waals surface area contributed by atoms with Crippen LogP contribution in [0.5, 0.6) is 0 Å². The second-order valence-electron chi connectivity index (χ2n) is 8.53. The first-order valence-electron chi connectivity index (χ1n) is 11.5. The number of halogens is 1. The molecule has 0 saturated carbocycles. The highest BCUT2D eigenvalue weighted by Crippen LogP contribution is 2.25. The lowest BCUT2D eigenvalue weighted by atomic mass is 10.0. The van der Waals surface area contributed by atoms with E-state index in [9.17, 15) is 14.0 Å². The van der Waals surface area contributed by atoms with E-state index in [1.54, 1.807) is 41.4 Å². The molecule has 0 radical (unpaired) electrons. The molecule has 34 heavy (non-hydrogen) atoms. The summed E-state index contributed by atoms with van der Waals surface area (Å²) >= 11 is 0. The van der Waals surface area contributed by atoms with Crippen molar-refractivity contribution in [3.63, 3.8) is 0 Å². The van der Waals surface area contributed by atoms with Gasteiger partial charge in [0.1, 0.15) is 11.4 Å². The van der Waals surface area contributed by atoms with Crippen LogP contribution in [0.1, 0.15) is 29.6 Å². The van der Waals surface area contributed by atoms with Gasteiger partial charge >= 0.3 is 0 Å². The molecule has 6 nitrogen and oxygen atoms in total. The largest absolute Gasteiger partial charge is 0.339 e. The molecule has 2 aromatic carbocycles. The number of carbonyl (C=O) groups excluding carboxylic acids is 1. The van der Waals surface area contributed by atoms with Crippen LogP contribution in [0.4, 0.5) is 4.39 Å². The maximum Gasteiger partial charge on any atom is 0.257 e. The molecule has 1 aliphatic rings. The summed E-state index contributed by atoms with van der Waals surface area (Å²) in [7, 11) is 0. The van der Waals surface area contributed by atoms with Crippen LogP contribution < -0.4 is 10.7 Å². The van der Waals surface area contributed by atoms with Crippen molar-refractivity contribution in [1.29, 1.82) is 0 Å². The number of hydrogen-bond acceptors (Lipinski definition) is 4. The third kappa shape index (κ3) is 4.47. The van der Waals surface area contributed by atoms with Gasteiger partial charge < -0.3 is 9.88 Å². The van der Waals surface area contributed by atoms with Gasteiger partial charge in [-0.05, 0) is 85.6 Å². The number of piperidine rings is 1. The molecule has 0 spiro atoms. The quantitative estimate of drug-likeness (QED) is 0.485. The number of hydrogen-bond donors (Lipinski definition) is 1. The lowest BCUT2D eigenvalue weighted by Crippen LogP contribution is -2.41. The van der Waals surface area contributed by atoms with E-state index in [0.29, 0.717) is 23.3 Å². The number of aromatic nitrogens is 2. The number of pyridine rings is 2. The van der Waals surface area contributed by atoms with Gasteiger partial charge in [0.2, 0.25) is 5.43 Å². The Balaban J connectivity index is 1.59. The van der Waals surface area contributed by atoms with Gasteiger partial charge in [0, 0.05) is 29.7 Å². The maximum absolute atomic E-state index is 13.6. The first kappa shape index (κ1) is 22.0. The van der Waals surface area contributed by atoms with E-state index >= 15 is 0 Å². The molecule has 4 aromatic rings. The van der Waals surface area contributed by atoms with E-state index in [1.165, 1.54) is 18.6 Å². The Labute approximate surface area is 196 Å². The summed E-state index contributed by atoms with van der Waals surface area (Å²) in [6.45, 7) is 2.29. The van der Waals surface area contributed by atoms with Crippen LogP contribution in [0.3, 0.4) is 0 Å². The molecule has 1 N–H and O–H groups in total. The van der Waals surface area contributed by atoms with E-state index in [0.717, 1.165) is 37.1 Å². The van der Waals surface area contributed by atoms with Crippen LogP contribution >= 0.6 is 0 Å². The molecule has 172 valence electrons. The number of fused-ring (bicyclic) bond motifs is 1. The fourth-order valence-electron chi connectivity index (χ4n) is 4.42. The van der Waals surface area contributed by atoms with Crippen LogP contribution in [0.15, 0.2) is 78.0 Å². The van der Waals surface area contributed by atoms with E-state index in [1.807, 2.05) is 24.3 Å². The van der Waals surface area contributed by atoms with E-state index in [2.05, 4.69) is 15.2 Å². The van der Waals surface area contributed by atoms with Crippen molar-refractivity contribution in [2.75, 3.05) is 19.8 Å². The summed E-state index contributed by atoms with van der Waals surface area (Å²) in [5.41, 5.74) is 2.89. The highest BCUT2D eigenvalue weighted by atomic mass is 19.1. The minimum absolute atomic E-state index is 0.0606. The third-order valence-electron chi connectivity index (χ3n) is 6.28. The normalized spacial score (nSPS) is 14.3. The zero-order valence-corrected chi connectivity index (χ0v) is 18.7. The standard InChI is InChI=1S/C27H25FN4O2/c28-21-5-7-22(8-6-21)32-17-24(27(34)30-18-31-14-2-1-3-15-31)26(33)23-9-4-20(16-25(23)32)19-10-12-29-13-11-19/h4-13,16-17H,1-3,14-15,18H2,(H,30,34). The Hall–Kier alpha value is -3.84. The number of amides is 1. The molecule has 2 aromatic heterocycles. The second-order valence-corrected chi connectivity index (χ2v) is 8.53. The molecule has 5 rings (SSSR count). The van der Waals surface area contributed by atoms with E-state index in [4.69, 9.17) is 0 Å². The molecule has 1 amide bonds. The summed E-state index contributed by atoms with van der Waals surface area (Å²) < 4.78 is 15.4. The molecule has 1 aliphatic heterocycles. The lowest BCUT2D eigenvalue weighted by Gasteiger charge is -2.26. The zero-order valence-electron chi connectivity index (χ0n) is 18.7. The molecule has 0 unspecified atom stereocenters. The molecule has 1 fully saturated rings. The fraction of sp³-hybridized carbons (Fsp3) is 0.222. The van der Waals surface area contributed by atoms with E-state index < -0.39 is 5.91 Å². The Morgan fingerprint density at radius 3 is 2.41 bits per heavy atom. The highest BCUT2D eigenvalue weighted by molar-refractivity contribution is 5.98. The predicted octanol–water partition coefficient (Wildman–Crippen LogP) is 4.37. The first-order valence-corrected chi connectivity index (χ1v) is 11.5. The fourth-order valence-corrected chi connectivity index (χ4v) is 4.42. The maximum atomic E-state index is 13.6. The van der Waals surface area contributed by atoms with Crippen LogP contribution in [0.2, 0.25) is 0 Å². The minimum atomic E-state index is -0.411.